The van der Waals surface area contributed by atoms with Crippen LogP contribution in [0.25, 0.3) is 0 Å². The minimum atomic E-state index is 1.20. The summed E-state index contributed by atoms with van der Waals surface area (Å²) in [7, 11) is 3.92. The van der Waals surface area contributed by atoms with Crippen molar-refractivity contribution in [3.8, 4) is 0 Å². The smallest absolute Gasteiger partial charge is 0.0217 e. The van der Waals surface area contributed by atoms with E-state index in [2.05, 4.69) is 12.2 Å². The summed E-state index contributed by atoms with van der Waals surface area (Å²) in [6, 6.07) is 0. The van der Waals surface area contributed by atoms with Crippen molar-refractivity contribution in [2.45, 2.75) is 6.42 Å². The largest absolute Gasteiger partial charge is 0.0935 e. The summed E-state index contributed by atoms with van der Waals surface area (Å²) in [5.41, 5.74) is 0. The third-order valence-electron chi connectivity index (χ3n) is 0.782. The molecule has 1 aliphatic rings. The van der Waals surface area contributed by atoms with Gasteiger partial charge < -0.3 is 0 Å². The van der Waals surface area contributed by atoms with E-state index in [0.29, 0.717) is 0 Å². The molecule has 1 heterocycles. The Kier molecular flexibility index (Phi) is 2.74. The van der Waals surface area contributed by atoms with Crippen molar-refractivity contribution in [2.24, 2.45) is 0 Å². The summed E-state index contributed by atoms with van der Waals surface area (Å²) < 4.78 is 0. The predicted octanol–water partition coefficient (Wildman–Crippen LogP) is 2.33. The van der Waals surface area contributed by atoms with Gasteiger partial charge in [-0.3, -0.25) is 0 Å². The van der Waals surface area contributed by atoms with Gasteiger partial charge in [0, 0.05) is 11.5 Å². The Morgan fingerprint density at radius 3 is 3.14 bits per heavy atom. The minimum Gasteiger partial charge on any atom is -0.0935 e. The molecule has 0 aromatic carbocycles. The van der Waals surface area contributed by atoms with Gasteiger partial charge in [-0.05, 0) is 6.42 Å². The van der Waals surface area contributed by atoms with Crippen LogP contribution in [0.2, 0.25) is 0 Å². The van der Waals surface area contributed by atoms with Crippen LogP contribution in [-0.4, -0.2) is 11.5 Å². The molecular formula is C5H8S2. The fourth-order valence-electron chi connectivity index (χ4n) is 0.448. The Bertz CT molecular complexity index is 60.5. The normalized spacial score (nSPS) is 21.7. The highest BCUT2D eigenvalue weighted by Crippen LogP contribution is 2.24. The summed E-state index contributed by atoms with van der Waals surface area (Å²) in [6.07, 6.45) is 5.76. The molecule has 2 heteroatoms. The highest BCUT2D eigenvalue weighted by atomic mass is 33.1. The third-order valence-corrected chi connectivity index (χ3v) is 3.09. The summed E-state index contributed by atoms with van der Waals surface area (Å²) in [6.45, 7) is 0. The second-order valence-corrected chi connectivity index (χ2v) is 3.99. The van der Waals surface area contributed by atoms with Crippen molar-refractivity contribution in [2.75, 3.05) is 11.5 Å². The van der Waals surface area contributed by atoms with E-state index in [1.54, 1.807) is 0 Å². The Morgan fingerprint density at radius 2 is 2.14 bits per heavy atom. The van der Waals surface area contributed by atoms with Gasteiger partial charge in [0.1, 0.15) is 0 Å². The summed E-state index contributed by atoms with van der Waals surface area (Å²) in [5.74, 6) is 2.49. The van der Waals surface area contributed by atoms with Gasteiger partial charge in [-0.15, -0.1) is 0 Å². The molecule has 0 fully saturated rings. The van der Waals surface area contributed by atoms with Gasteiger partial charge in [-0.1, -0.05) is 33.7 Å². The summed E-state index contributed by atoms with van der Waals surface area (Å²) >= 11 is 0. The van der Waals surface area contributed by atoms with Gasteiger partial charge in [0.05, 0.1) is 0 Å². The van der Waals surface area contributed by atoms with Crippen LogP contribution in [0.4, 0.5) is 0 Å². The molecule has 0 N–H and O–H groups in total. The van der Waals surface area contributed by atoms with Gasteiger partial charge in [-0.2, -0.15) is 0 Å². The van der Waals surface area contributed by atoms with Gasteiger partial charge in [0.15, 0.2) is 0 Å². The molecule has 0 atom stereocenters. The fraction of sp³-hybridized carbons (Fsp3) is 0.600. The minimum absolute atomic E-state index is 1.20. The molecule has 0 aliphatic carbocycles. The van der Waals surface area contributed by atoms with E-state index in [-0.39, 0.29) is 0 Å². The molecule has 0 radical (unpaired) electrons. The van der Waals surface area contributed by atoms with Crippen LogP contribution in [-0.2, 0) is 0 Å². The monoisotopic (exact) mass is 132 g/mol. The second kappa shape index (κ2) is 3.44. The molecular weight excluding hydrogens is 124 g/mol. The molecule has 0 aromatic rings. The van der Waals surface area contributed by atoms with E-state index in [1.165, 1.54) is 17.9 Å². The SMILES string of the molecule is C1=CCSSCC1. The van der Waals surface area contributed by atoms with Crippen LogP contribution >= 0.6 is 21.6 Å². The molecule has 0 amide bonds. The van der Waals surface area contributed by atoms with Crippen molar-refractivity contribution in [1.82, 2.24) is 0 Å². The van der Waals surface area contributed by atoms with Gasteiger partial charge in [-0.25, -0.2) is 0 Å². The number of allylic oxidation sites excluding steroid dienone is 1. The van der Waals surface area contributed by atoms with Crippen LogP contribution < -0.4 is 0 Å². The lowest BCUT2D eigenvalue weighted by Crippen LogP contribution is -1.64. The zero-order chi connectivity index (χ0) is 4.95. The molecule has 7 heavy (non-hydrogen) atoms. The second-order valence-electron chi connectivity index (χ2n) is 1.37. The molecule has 0 saturated carbocycles. The van der Waals surface area contributed by atoms with Crippen molar-refractivity contribution >= 4 is 21.6 Å². The van der Waals surface area contributed by atoms with Crippen molar-refractivity contribution < 1.29 is 0 Å². The third kappa shape index (κ3) is 2.29. The lowest BCUT2D eigenvalue weighted by Gasteiger charge is -1.86. The van der Waals surface area contributed by atoms with E-state index >= 15 is 0 Å². The zero-order valence-corrected chi connectivity index (χ0v) is 5.73. The zero-order valence-electron chi connectivity index (χ0n) is 4.09. The van der Waals surface area contributed by atoms with Gasteiger partial charge in [0.2, 0.25) is 0 Å². The Labute approximate surface area is 52.1 Å². The van der Waals surface area contributed by atoms with Crippen LogP contribution in [0, 0.1) is 0 Å². The highest BCUT2D eigenvalue weighted by molar-refractivity contribution is 8.76. The molecule has 40 valence electrons. The van der Waals surface area contributed by atoms with Crippen LogP contribution in [0.1, 0.15) is 6.42 Å². The first-order valence-electron chi connectivity index (χ1n) is 2.39. The fourth-order valence-corrected chi connectivity index (χ4v) is 2.28. The molecule has 0 bridgehead atoms. The molecule has 0 spiro atoms. The van der Waals surface area contributed by atoms with Crippen LogP contribution in [0.3, 0.4) is 0 Å². The number of hydrogen-bond acceptors (Lipinski definition) is 2. The lowest BCUT2D eigenvalue weighted by molar-refractivity contribution is 1.25. The van der Waals surface area contributed by atoms with Gasteiger partial charge in [0.25, 0.3) is 0 Å². The number of rotatable bonds is 0. The predicted molar refractivity (Wildman–Crippen MR) is 38.7 cm³/mol. The van der Waals surface area contributed by atoms with E-state index in [9.17, 15) is 0 Å². The first kappa shape index (κ1) is 5.57. The number of hydrogen-bond donors (Lipinski definition) is 0. The quantitative estimate of drug-likeness (QED) is 0.366. The Morgan fingerprint density at radius 1 is 1.14 bits per heavy atom. The maximum absolute atomic E-state index is 2.26. The Hall–Kier alpha value is 0.440. The lowest BCUT2D eigenvalue weighted by atomic mass is 10.4. The topological polar surface area (TPSA) is 0 Å². The molecule has 1 aliphatic heterocycles. The van der Waals surface area contributed by atoms with E-state index in [4.69, 9.17) is 0 Å². The van der Waals surface area contributed by atoms with E-state index in [1.807, 2.05) is 21.6 Å². The average molecular weight is 132 g/mol. The molecule has 0 saturated heterocycles. The van der Waals surface area contributed by atoms with Crippen LogP contribution in [0.15, 0.2) is 12.2 Å². The summed E-state index contributed by atoms with van der Waals surface area (Å²) in [5, 5.41) is 0. The maximum atomic E-state index is 2.26. The molecule has 1 rings (SSSR count). The molecule has 0 nitrogen and oxygen atoms in total. The Balaban J connectivity index is 2.20. The van der Waals surface area contributed by atoms with E-state index < -0.39 is 0 Å². The molecule has 0 unspecified atom stereocenters. The maximum Gasteiger partial charge on any atom is 0.0217 e. The molecule has 0 aromatic heterocycles. The van der Waals surface area contributed by atoms with Crippen molar-refractivity contribution in [3.05, 3.63) is 12.2 Å². The summed E-state index contributed by atoms with van der Waals surface area (Å²) in [4.78, 5) is 0. The van der Waals surface area contributed by atoms with Crippen LogP contribution in [0.5, 0.6) is 0 Å². The van der Waals surface area contributed by atoms with E-state index in [0.717, 1.165) is 0 Å². The first-order valence-corrected chi connectivity index (χ1v) is 4.88. The highest BCUT2D eigenvalue weighted by Gasteiger charge is 1.89. The van der Waals surface area contributed by atoms with Crippen molar-refractivity contribution in [3.63, 3.8) is 0 Å². The van der Waals surface area contributed by atoms with Gasteiger partial charge >= 0.3 is 0 Å². The first-order chi connectivity index (χ1) is 3.50. The van der Waals surface area contributed by atoms with Crippen molar-refractivity contribution in [1.29, 1.82) is 0 Å². The average Bonchev–Trinajstić information content (AvgIpc) is 1.90. The standard InChI is InChI=1S/C5H8S2/c1-2-4-6-7-5-3-1/h1-2H,3-5H2.